The number of rotatable bonds is 6. The second kappa shape index (κ2) is 5.72. The molecule has 13 heavy (non-hydrogen) atoms. The molecule has 1 N–H and O–H groups in total. The largest absolute Gasteiger partial charge is 0.448 e. The summed E-state index contributed by atoms with van der Waals surface area (Å²) in [6.07, 6.45) is 2.27. The van der Waals surface area contributed by atoms with Gasteiger partial charge in [0.25, 0.3) is 0 Å². The highest BCUT2D eigenvalue weighted by Gasteiger charge is 2.06. The number of hydrogen-bond donors (Lipinski definition) is 1. The van der Waals surface area contributed by atoms with Gasteiger partial charge in [-0.15, -0.1) is 0 Å². The molecule has 0 atom stereocenters. The molecule has 0 aromatic carbocycles. The molecule has 0 radical (unpaired) electrons. The smallest absolute Gasteiger partial charge is 0.181 e. The molecule has 4 heteroatoms. The second-order valence-corrected chi connectivity index (χ2v) is 2.75. The molecule has 0 saturated heterocycles. The summed E-state index contributed by atoms with van der Waals surface area (Å²) in [5.41, 5.74) is 0.985. The maximum Gasteiger partial charge on any atom is 0.181 e. The van der Waals surface area contributed by atoms with Crippen molar-refractivity contribution in [1.29, 1.82) is 0 Å². The minimum atomic E-state index is 0.675. The summed E-state index contributed by atoms with van der Waals surface area (Å²) in [6.45, 7) is 4.45. The number of nitrogens with one attached hydrogen (secondary N) is 1. The van der Waals surface area contributed by atoms with Gasteiger partial charge in [0.15, 0.2) is 6.39 Å². The molecule has 1 rings (SSSR count). The summed E-state index contributed by atoms with van der Waals surface area (Å²) in [6, 6.07) is 0. The molecule has 0 bridgehead atoms. The third-order valence-electron chi connectivity index (χ3n) is 1.80. The van der Waals surface area contributed by atoms with E-state index in [1.807, 2.05) is 0 Å². The standard InChI is InChI=1S/C9H16N2O2/c1-3-10-6-8-9(4-5-12-2)13-7-11-8/h7,10H,3-6H2,1-2H3. The van der Waals surface area contributed by atoms with E-state index < -0.39 is 0 Å². The Balaban J connectivity index is 2.45. The van der Waals surface area contributed by atoms with Gasteiger partial charge in [-0.05, 0) is 6.54 Å². The zero-order valence-corrected chi connectivity index (χ0v) is 8.17. The SMILES string of the molecule is CCNCc1ncoc1CCOC. The average Bonchev–Trinajstić information content (AvgIpc) is 2.59. The first-order chi connectivity index (χ1) is 6.38. The second-order valence-electron chi connectivity index (χ2n) is 2.75. The molecule has 0 aliphatic rings. The first-order valence-corrected chi connectivity index (χ1v) is 4.49. The zero-order chi connectivity index (χ0) is 9.52. The van der Waals surface area contributed by atoms with E-state index in [-0.39, 0.29) is 0 Å². The lowest BCUT2D eigenvalue weighted by Gasteiger charge is -2.00. The van der Waals surface area contributed by atoms with Crippen LogP contribution in [0, 0.1) is 0 Å². The fraction of sp³-hybridized carbons (Fsp3) is 0.667. The monoisotopic (exact) mass is 184 g/mol. The number of hydrogen-bond acceptors (Lipinski definition) is 4. The number of nitrogens with zero attached hydrogens (tertiary/aromatic N) is 1. The lowest BCUT2D eigenvalue weighted by molar-refractivity contribution is 0.196. The molecular weight excluding hydrogens is 168 g/mol. The van der Waals surface area contributed by atoms with Crippen LogP contribution in [-0.2, 0) is 17.7 Å². The van der Waals surface area contributed by atoms with Crippen molar-refractivity contribution in [1.82, 2.24) is 10.3 Å². The first-order valence-electron chi connectivity index (χ1n) is 4.49. The van der Waals surface area contributed by atoms with Gasteiger partial charge in [0, 0.05) is 20.1 Å². The third kappa shape index (κ3) is 3.16. The quantitative estimate of drug-likeness (QED) is 0.715. The summed E-state index contributed by atoms with van der Waals surface area (Å²) >= 11 is 0. The van der Waals surface area contributed by atoms with E-state index in [2.05, 4.69) is 17.2 Å². The first kappa shape index (κ1) is 10.2. The van der Waals surface area contributed by atoms with Crippen molar-refractivity contribution in [3.05, 3.63) is 17.8 Å². The fourth-order valence-electron chi connectivity index (χ4n) is 1.08. The summed E-state index contributed by atoms with van der Waals surface area (Å²) in [4.78, 5) is 4.12. The highest BCUT2D eigenvalue weighted by molar-refractivity contribution is 5.07. The molecule has 0 saturated carbocycles. The van der Waals surface area contributed by atoms with Crippen molar-refractivity contribution >= 4 is 0 Å². The molecular formula is C9H16N2O2. The maximum absolute atomic E-state index is 5.23. The van der Waals surface area contributed by atoms with Crippen LogP contribution in [0.2, 0.25) is 0 Å². The van der Waals surface area contributed by atoms with Crippen LogP contribution in [-0.4, -0.2) is 25.2 Å². The summed E-state index contributed by atoms with van der Waals surface area (Å²) < 4.78 is 10.2. The van der Waals surface area contributed by atoms with Gasteiger partial charge in [-0.3, -0.25) is 0 Å². The maximum atomic E-state index is 5.23. The average molecular weight is 184 g/mol. The molecule has 74 valence electrons. The topological polar surface area (TPSA) is 47.3 Å². The van der Waals surface area contributed by atoms with E-state index in [1.165, 1.54) is 6.39 Å². The van der Waals surface area contributed by atoms with Crippen molar-refractivity contribution in [2.45, 2.75) is 19.9 Å². The number of oxazole rings is 1. The van der Waals surface area contributed by atoms with Gasteiger partial charge in [0.1, 0.15) is 5.76 Å². The molecule has 1 aromatic rings. The number of ether oxygens (including phenoxy) is 1. The van der Waals surface area contributed by atoms with E-state index in [1.54, 1.807) is 7.11 Å². The molecule has 0 aliphatic heterocycles. The normalized spacial score (nSPS) is 10.6. The lowest BCUT2D eigenvalue weighted by Crippen LogP contribution is -2.13. The Kier molecular flexibility index (Phi) is 4.49. The summed E-state index contributed by atoms with van der Waals surface area (Å²) in [5, 5.41) is 3.20. The Hall–Kier alpha value is -0.870. The Morgan fingerprint density at radius 2 is 2.46 bits per heavy atom. The van der Waals surface area contributed by atoms with Crippen LogP contribution < -0.4 is 5.32 Å². The fourth-order valence-corrected chi connectivity index (χ4v) is 1.08. The van der Waals surface area contributed by atoms with Crippen LogP contribution in [0.15, 0.2) is 10.8 Å². The van der Waals surface area contributed by atoms with Crippen molar-refractivity contribution in [3.63, 3.8) is 0 Å². The van der Waals surface area contributed by atoms with E-state index in [0.717, 1.165) is 31.0 Å². The molecule has 0 amide bonds. The van der Waals surface area contributed by atoms with Gasteiger partial charge in [-0.1, -0.05) is 6.92 Å². The molecule has 0 unspecified atom stereocenters. The van der Waals surface area contributed by atoms with E-state index in [4.69, 9.17) is 9.15 Å². The zero-order valence-electron chi connectivity index (χ0n) is 8.17. The molecule has 0 aliphatic carbocycles. The highest BCUT2D eigenvalue weighted by atomic mass is 16.5. The van der Waals surface area contributed by atoms with Gasteiger partial charge in [0.2, 0.25) is 0 Å². The molecule has 1 heterocycles. The van der Waals surface area contributed by atoms with E-state index >= 15 is 0 Å². The molecule has 0 fully saturated rings. The Morgan fingerprint density at radius 3 is 3.15 bits per heavy atom. The Morgan fingerprint density at radius 1 is 1.62 bits per heavy atom. The van der Waals surface area contributed by atoms with Crippen LogP contribution in [0.1, 0.15) is 18.4 Å². The van der Waals surface area contributed by atoms with Gasteiger partial charge in [-0.25, -0.2) is 4.98 Å². The number of aromatic nitrogens is 1. The predicted molar refractivity (Wildman–Crippen MR) is 49.5 cm³/mol. The third-order valence-corrected chi connectivity index (χ3v) is 1.80. The van der Waals surface area contributed by atoms with Crippen molar-refractivity contribution in [2.24, 2.45) is 0 Å². The van der Waals surface area contributed by atoms with Gasteiger partial charge >= 0.3 is 0 Å². The molecule has 4 nitrogen and oxygen atoms in total. The minimum Gasteiger partial charge on any atom is -0.448 e. The highest BCUT2D eigenvalue weighted by Crippen LogP contribution is 2.07. The Bertz CT molecular complexity index is 213. The molecule has 0 spiro atoms. The molecule has 1 aromatic heterocycles. The van der Waals surface area contributed by atoms with Gasteiger partial charge in [-0.2, -0.15) is 0 Å². The van der Waals surface area contributed by atoms with Crippen molar-refractivity contribution in [3.8, 4) is 0 Å². The van der Waals surface area contributed by atoms with Crippen LogP contribution in [0.3, 0.4) is 0 Å². The van der Waals surface area contributed by atoms with E-state index in [9.17, 15) is 0 Å². The van der Waals surface area contributed by atoms with Crippen LogP contribution in [0.5, 0.6) is 0 Å². The van der Waals surface area contributed by atoms with Gasteiger partial charge in [0.05, 0.1) is 12.3 Å². The predicted octanol–water partition coefficient (Wildman–Crippen LogP) is 0.973. The lowest BCUT2D eigenvalue weighted by atomic mass is 10.2. The van der Waals surface area contributed by atoms with Crippen molar-refractivity contribution < 1.29 is 9.15 Å². The van der Waals surface area contributed by atoms with E-state index in [0.29, 0.717) is 6.61 Å². The Labute approximate surface area is 78.3 Å². The van der Waals surface area contributed by atoms with Crippen LogP contribution in [0.25, 0.3) is 0 Å². The van der Waals surface area contributed by atoms with Crippen molar-refractivity contribution in [2.75, 3.05) is 20.3 Å². The van der Waals surface area contributed by atoms with Gasteiger partial charge < -0.3 is 14.5 Å². The summed E-state index contributed by atoms with van der Waals surface area (Å²) in [5.74, 6) is 0.919. The summed E-state index contributed by atoms with van der Waals surface area (Å²) in [7, 11) is 1.68. The van der Waals surface area contributed by atoms with Crippen LogP contribution >= 0.6 is 0 Å². The van der Waals surface area contributed by atoms with Crippen LogP contribution in [0.4, 0.5) is 0 Å². The minimum absolute atomic E-state index is 0.675. The number of methoxy groups -OCH3 is 1.